The van der Waals surface area contributed by atoms with Crippen LogP contribution < -0.4 is 5.32 Å². The third-order valence-electron chi connectivity index (χ3n) is 2.45. The zero-order chi connectivity index (χ0) is 16.5. The van der Waals surface area contributed by atoms with Crippen LogP contribution in [-0.2, 0) is 23.9 Å². The molecule has 1 aromatic rings. The molecule has 0 aliphatic heterocycles. The lowest BCUT2D eigenvalue weighted by Gasteiger charge is -2.08. The van der Waals surface area contributed by atoms with Crippen LogP contribution in [0.2, 0.25) is 0 Å². The minimum Gasteiger partial charge on any atom is -0.463 e. The van der Waals surface area contributed by atoms with Gasteiger partial charge in [0.25, 0.3) is 5.91 Å². The fraction of sp³-hybridized carbons (Fsp3) is 0.267. The highest BCUT2D eigenvalue weighted by molar-refractivity contribution is 14.1. The van der Waals surface area contributed by atoms with Crippen LogP contribution in [-0.4, -0.2) is 31.1 Å². The second-order valence-corrected chi connectivity index (χ2v) is 5.45. The Hall–Kier alpha value is -1.90. The van der Waals surface area contributed by atoms with Crippen molar-refractivity contribution in [2.24, 2.45) is 0 Å². The number of halogens is 1. The van der Waals surface area contributed by atoms with E-state index >= 15 is 0 Å². The molecule has 0 atom stereocenters. The molecule has 0 aliphatic carbocycles. The van der Waals surface area contributed by atoms with Crippen molar-refractivity contribution in [2.45, 2.75) is 13.8 Å². The maximum atomic E-state index is 11.7. The molecular formula is C15H16INO5. The quantitative estimate of drug-likeness (QED) is 0.436. The first-order valence-electron chi connectivity index (χ1n) is 6.50. The summed E-state index contributed by atoms with van der Waals surface area (Å²) < 4.78 is 10.4. The van der Waals surface area contributed by atoms with E-state index in [1.54, 1.807) is 13.0 Å². The maximum Gasteiger partial charge on any atom is 0.331 e. The van der Waals surface area contributed by atoms with E-state index in [1.807, 2.05) is 19.1 Å². The average molecular weight is 417 g/mol. The number of carbonyl (C=O) groups is 3. The molecule has 0 bridgehead atoms. The Morgan fingerprint density at radius 2 is 1.82 bits per heavy atom. The number of ether oxygens (including phenoxy) is 2. The van der Waals surface area contributed by atoms with E-state index in [0.717, 1.165) is 21.3 Å². The van der Waals surface area contributed by atoms with Gasteiger partial charge in [0.1, 0.15) is 0 Å². The number of anilines is 1. The molecule has 1 amide bonds. The van der Waals surface area contributed by atoms with Gasteiger partial charge in [-0.1, -0.05) is 0 Å². The molecule has 1 rings (SSSR count). The zero-order valence-electron chi connectivity index (χ0n) is 12.2. The summed E-state index contributed by atoms with van der Waals surface area (Å²) in [4.78, 5) is 34.0. The largest absolute Gasteiger partial charge is 0.463 e. The number of amides is 1. The van der Waals surface area contributed by atoms with Gasteiger partial charge >= 0.3 is 11.9 Å². The van der Waals surface area contributed by atoms with Crippen molar-refractivity contribution < 1.29 is 23.9 Å². The molecule has 0 aliphatic rings. The van der Waals surface area contributed by atoms with E-state index in [9.17, 15) is 14.4 Å². The molecule has 118 valence electrons. The van der Waals surface area contributed by atoms with E-state index in [1.165, 1.54) is 0 Å². The number of nitrogens with one attached hydrogen (secondary N) is 1. The second kappa shape index (κ2) is 9.19. The van der Waals surface area contributed by atoms with E-state index in [4.69, 9.17) is 4.74 Å². The summed E-state index contributed by atoms with van der Waals surface area (Å²) in [5.74, 6) is -1.89. The Morgan fingerprint density at radius 3 is 2.41 bits per heavy atom. The van der Waals surface area contributed by atoms with Gasteiger partial charge in [0, 0.05) is 21.4 Å². The minimum absolute atomic E-state index is 0.218. The number of aryl methyl sites for hydroxylation is 1. The van der Waals surface area contributed by atoms with Crippen LogP contribution in [0.3, 0.4) is 0 Å². The van der Waals surface area contributed by atoms with Crippen LogP contribution >= 0.6 is 22.6 Å². The zero-order valence-corrected chi connectivity index (χ0v) is 14.4. The van der Waals surface area contributed by atoms with Gasteiger partial charge < -0.3 is 14.8 Å². The van der Waals surface area contributed by atoms with Crippen molar-refractivity contribution in [3.8, 4) is 0 Å². The highest BCUT2D eigenvalue weighted by atomic mass is 127. The maximum absolute atomic E-state index is 11.7. The highest BCUT2D eigenvalue weighted by Gasteiger charge is 2.08. The molecular weight excluding hydrogens is 401 g/mol. The van der Waals surface area contributed by atoms with Crippen LogP contribution in [0.4, 0.5) is 5.69 Å². The summed E-state index contributed by atoms with van der Waals surface area (Å²) >= 11 is 2.17. The predicted octanol–water partition coefficient (Wildman–Crippen LogP) is 2.20. The fourth-order valence-electron chi connectivity index (χ4n) is 1.46. The first kappa shape index (κ1) is 18.1. The Labute approximate surface area is 142 Å². The molecule has 1 aromatic carbocycles. The van der Waals surface area contributed by atoms with Crippen molar-refractivity contribution in [1.29, 1.82) is 0 Å². The summed E-state index contributed by atoms with van der Waals surface area (Å²) in [7, 11) is 0. The fourth-order valence-corrected chi connectivity index (χ4v) is 2.11. The summed E-state index contributed by atoms with van der Waals surface area (Å²) in [6.07, 6.45) is 1.87. The minimum atomic E-state index is -0.789. The molecule has 0 unspecified atom stereocenters. The van der Waals surface area contributed by atoms with Crippen molar-refractivity contribution >= 4 is 46.1 Å². The van der Waals surface area contributed by atoms with Gasteiger partial charge in [0.2, 0.25) is 0 Å². The summed E-state index contributed by atoms with van der Waals surface area (Å²) in [5, 5.41) is 2.64. The van der Waals surface area contributed by atoms with Crippen molar-refractivity contribution in [1.82, 2.24) is 0 Å². The predicted molar refractivity (Wildman–Crippen MR) is 89.3 cm³/mol. The van der Waals surface area contributed by atoms with Crippen molar-refractivity contribution in [3.05, 3.63) is 39.5 Å². The van der Waals surface area contributed by atoms with Gasteiger partial charge in [-0.15, -0.1) is 0 Å². The van der Waals surface area contributed by atoms with E-state index < -0.39 is 24.5 Å². The molecule has 0 aromatic heterocycles. The average Bonchev–Trinajstić information content (AvgIpc) is 2.46. The van der Waals surface area contributed by atoms with Crippen LogP contribution in [0.5, 0.6) is 0 Å². The summed E-state index contributed by atoms with van der Waals surface area (Å²) in [6.45, 7) is 3.31. The van der Waals surface area contributed by atoms with E-state index in [-0.39, 0.29) is 6.61 Å². The Bertz CT molecular complexity index is 598. The highest BCUT2D eigenvalue weighted by Crippen LogP contribution is 2.17. The van der Waals surface area contributed by atoms with E-state index in [2.05, 4.69) is 32.6 Å². The normalized spacial score (nSPS) is 10.3. The third kappa shape index (κ3) is 6.70. The lowest BCUT2D eigenvalue weighted by atomic mass is 10.2. The molecule has 0 spiro atoms. The van der Waals surface area contributed by atoms with Crippen LogP contribution in [0, 0.1) is 10.5 Å². The number of carbonyl (C=O) groups excluding carboxylic acids is 3. The smallest absolute Gasteiger partial charge is 0.331 e. The number of hydrogen-bond acceptors (Lipinski definition) is 5. The molecule has 0 radical (unpaired) electrons. The first-order chi connectivity index (χ1) is 10.4. The number of esters is 2. The number of hydrogen-bond donors (Lipinski definition) is 1. The molecule has 1 N–H and O–H groups in total. The van der Waals surface area contributed by atoms with E-state index in [0.29, 0.717) is 5.69 Å². The second-order valence-electron chi connectivity index (χ2n) is 4.20. The molecule has 0 fully saturated rings. The summed E-state index contributed by atoms with van der Waals surface area (Å²) in [5.41, 5.74) is 1.57. The molecule has 0 saturated heterocycles. The van der Waals surface area contributed by atoms with Crippen LogP contribution in [0.1, 0.15) is 12.5 Å². The monoisotopic (exact) mass is 417 g/mol. The topological polar surface area (TPSA) is 81.7 Å². The number of benzene rings is 1. The first-order valence-corrected chi connectivity index (χ1v) is 7.58. The van der Waals surface area contributed by atoms with Crippen molar-refractivity contribution in [2.75, 3.05) is 18.5 Å². The van der Waals surface area contributed by atoms with Gasteiger partial charge in [0.15, 0.2) is 6.61 Å². The van der Waals surface area contributed by atoms with Crippen LogP contribution in [0.15, 0.2) is 30.4 Å². The van der Waals surface area contributed by atoms with Gasteiger partial charge in [-0.05, 0) is 60.2 Å². The van der Waals surface area contributed by atoms with Gasteiger partial charge in [-0.25, -0.2) is 9.59 Å². The van der Waals surface area contributed by atoms with Crippen LogP contribution in [0.25, 0.3) is 0 Å². The molecule has 22 heavy (non-hydrogen) atoms. The molecule has 0 saturated carbocycles. The Morgan fingerprint density at radius 1 is 1.18 bits per heavy atom. The summed E-state index contributed by atoms with van der Waals surface area (Å²) in [6, 6.07) is 5.55. The van der Waals surface area contributed by atoms with Gasteiger partial charge in [0.05, 0.1) is 6.61 Å². The SMILES string of the molecule is CCOC(=O)C=CC(=O)OCC(=O)Nc1ccc(I)cc1C. The Balaban J connectivity index is 2.42. The molecule has 7 heteroatoms. The Kier molecular flexibility index (Phi) is 7.58. The lowest BCUT2D eigenvalue weighted by molar-refractivity contribution is -0.143. The van der Waals surface area contributed by atoms with Gasteiger partial charge in [-0.3, -0.25) is 4.79 Å². The lowest BCUT2D eigenvalue weighted by Crippen LogP contribution is -2.20. The van der Waals surface area contributed by atoms with Crippen molar-refractivity contribution in [3.63, 3.8) is 0 Å². The molecule has 6 nitrogen and oxygen atoms in total. The number of rotatable bonds is 6. The third-order valence-corrected chi connectivity index (χ3v) is 3.12. The molecule has 0 heterocycles. The standard InChI is InChI=1S/C15H16INO5/c1-3-21-14(19)6-7-15(20)22-9-13(18)17-12-5-4-11(16)8-10(12)2/h4-8H,3,9H2,1-2H3,(H,17,18). The van der Waals surface area contributed by atoms with Gasteiger partial charge in [-0.2, -0.15) is 0 Å².